The first-order valence-corrected chi connectivity index (χ1v) is 11.7. The number of ether oxygens (including phenoxy) is 1. The number of rotatable bonds is 7. The quantitative estimate of drug-likeness (QED) is 0.562. The third kappa shape index (κ3) is 6.55. The number of likely N-dealkylation sites (tertiary alicyclic amines) is 1. The van der Waals surface area contributed by atoms with Crippen LogP contribution in [0.5, 0.6) is 0 Å². The second kappa shape index (κ2) is 10.0. The highest BCUT2D eigenvalue weighted by Gasteiger charge is 2.38. The number of hydrogen-bond donors (Lipinski definition) is 1. The van der Waals surface area contributed by atoms with Crippen LogP contribution in [0.4, 0.5) is 27.0 Å². The minimum absolute atomic E-state index is 0.0790. The van der Waals surface area contributed by atoms with Crippen molar-refractivity contribution in [3.63, 3.8) is 0 Å². The molecule has 12 heteroatoms. The van der Waals surface area contributed by atoms with Gasteiger partial charge in [-0.2, -0.15) is 0 Å². The van der Waals surface area contributed by atoms with E-state index in [1.165, 1.54) is 4.90 Å². The molecule has 1 saturated heterocycles. The molecule has 0 atom stereocenters. The Bertz CT molecular complexity index is 834. The Kier molecular flexibility index (Phi) is 7.92. The third-order valence-electron chi connectivity index (χ3n) is 5.86. The second-order valence-electron chi connectivity index (χ2n) is 9.32. The molecule has 1 fully saturated rings. The summed E-state index contributed by atoms with van der Waals surface area (Å²) in [6, 6.07) is 0. The van der Waals surface area contributed by atoms with E-state index in [-0.39, 0.29) is 49.2 Å². The Morgan fingerprint density at radius 3 is 2.42 bits per heavy atom. The fourth-order valence-electron chi connectivity index (χ4n) is 4.26. The highest BCUT2D eigenvalue weighted by Crippen LogP contribution is 2.45. The molecule has 2 aliphatic heterocycles. The third-order valence-corrected chi connectivity index (χ3v) is 7.15. The monoisotopic (exact) mass is 499 g/mol. The highest BCUT2D eigenvalue weighted by atomic mass is 32.1. The lowest BCUT2D eigenvalue weighted by atomic mass is 9.93. The standard InChI is InChI=1S/C21H30F5N3O3S/c1-13(2)10-27-11-14-15(17(22)23)16(18(30)28-6-4-20(3,31)5-7-28)33-19(14)29(12-27)8-9-32-21(24,25)26/h13,17,31H,4-12H2,1-3H3. The van der Waals surface area contributed by atoms with Gasteiger partial charge in [0.15, 0.2) is 0 Å². The van der Waals surface area contributed by atoms with E-state index < -0.39 is 30.9 Å². The molecule has 0 aromatic carbocycles. The molecule has 0 radical (unpaired) electrons. The van der Waals surface area contributed by atoms with Crippen LogP contribution in [0.25, 0.3) is 0 Å². The molecule has 0 aliphatic carbocycles. The number of aliphatic hydroxyl groups is 1. The second-order valence-corrected chi connectivity index (χ2v) is 10.3. The predicted molar refractivity (Wildman–Crippen MR) is 115 cm³/mol. The summed E-state index contributed by atoms with van der Waals surface area (Å²) in [6.07, 6.45) is -6.99. The maximum Gasteiger partial charge on any atom is 0.522 e. The van der Waals surface area contributed by atoms with E-state index in [9.17, 15) is 31.9 Å². The lowest BCUT2D eigenvalue weighted by Crippen LogP contribution is -2.45. The van der Waals surface area contributed by atoms with Crippen molar-refractivity contribution < 1.29 is 36.6 Å². The average molecular weight is 500 g/mol. The molecule has 1 aromatic rings. The molecular weight excluding hydrogens is 469 g/mol. The van der Waals surface area contributed by atoms with Crippen molar-refractivity contribution in [1.82, 2.24) is 9.80 Å². The van der Waals surface area contributed by atoms with Crippen molar-refractivity contribution in [2.45, 2.75) is 58.5 Å². The predicted octanol–water partition coefficient (Wildman–Crippen LogP) is 4.44. The van der Waals surface area contributed by atoms with E-state index in [0.717, 1.165) is 11.3 Å². The molecule has 1 aromatic heterocycles. The zero-order valence-electron chi connectivity index (χ0n) is 18.9. The summed E-state index contributed by atoms with van der Waals surface area (Å²) in [5, 5.41) is 10.5. The first-order valence-electron chi connectivity index (χ1n) is 10.9. The van der Waals surface area contributed by atoms with Crippen LogP contribution in [-0.4, -0.2) is 72.2 Å². The van der Waals surface area contributed by atoms with Gasteiger partial charge in [0.2, 0.25) is 0 Å². The van der Waals surface area contributed by atoms with Gasteiger partial charge in [-0.15, -0.1) is 24.5 Å². The largest absolute Gasteiger partial charge is 0.522 e. The van der Waals surface area contributed by atoms with Crippen molar-refractivity contribution in [3.05, 3.63) is 16.0 Å². The first kappa shape index (κ1) is 26.1. The molecule has 0 saturated carbocycles. The van der Waals surface area contributed by atoms with Crippen LogP contribution in [0.1, 0.15) is 60.8 Å². The number of piperidine rings is 1. The Hall–Kier alpha value is -1.50. The average Bonchev–Trinajstić information content (AvgIpc) is 3.05. The molecule has 2 aliphatic rings. The molecule has 1 N–H and O–H groups in total. The van der Waals surface area contributed by atoms with Crippen LogP contribution in [-0.2, 0) is 11.3 Å². The number of carbonyl (C=O) groups is 1. The number of amides is 1. The minimum atomic E-state index is -4.78. The Balaban J connectivity index is 1.91. The van der Waals surface area contributed by atoms with Gasteiger partial charge in [0.1, 0.15) is 4.88 Å². The van der Waals surface area contributed by atoms with Gasteiger partial charge < -0.3 is 14.9 Å². The number of alkyl halides is 5. The van der Waals surface area contributed by atoms with Gasteiger partial charge in [-0.25, -0.2) is 8.78 Å². The molecule has 33 heavy (non-hydrogen) atoms. The SMILES string of the molecule is CC(C)CN1Cc2c(sc(C(=O)N3CCC(C)(O)CC3)c2C(F)F)N(CCOC(F)(F)F)C1. The number of fused-ring (bicyclic) bond motifs is 1. The van der Waals surface area contributed by atoms with Gasteiger partial charge in [-0.3, -0.25) is 14.4 Å². The van der Waals surface area contributed by atoms with E-state index in [0.29, 0.717) is 30.0 Å². The van der Waals surface area contributed by atoms with Crippen molar-refractivity contribution in [2.24, 2.45) is 5.92 Å². The maximum atomic E-state index is 14.2. The zero-order chi connectivity index (χ0) is 24.6. The topological polar surface area (TPSA) is 56.2 Å². The van der Waals surface area contributed by atoms with Crippen LogP contribution in [0.2, 0.25) is 0 Å². The highest BCUT2D eigenvalue weighted by molar-refractivity contribution is 7.18. The molecule has 0 unspecified atom stereocenters. The lowest BCUT2D eigenvalue weighted by molar-refractivity contribution is -0.323. The van der Waals surface area contributed by atoms with Gasteiger partial charge in [-0.05, 0) is 25.7 Å². The van der Waals surface area contributed by atoms with E-state index in [4.69, 9.17) is 0 Å². The molecular formula is C21H30F5N3O3S. The van der Waals surface area contributed by atoms with Crippen LogP contribution in [0.15, 0.2) is 0 Å². The summed E-state index contributed by atoms with van der Waals surface area (Å²) in [6.45, 7) is 6.34. The summed E-state index contributed by atoms with van der Waals surface area (Å²) in [5.41, 5.74) is -0.947. The summed E-state index contributed by atoms with van der Waals surface area (Å²) < 4.78 is 69.8. The van der Waals surface area contributed by atoms with E-state index in [1.807, 2.05) is 18.7 Å². The van der Waals surface area contributed by atoms with Crippen LogP contribution < -0.4 is 4.90 Å². The number of nitrogens with zero attached hydrogens (tertiary/aromatic N) is 3. The summed E-state index contributed by atoms with van der Waals surface area (Å²) in [7, 11) is 0. The maximum absolute atomic E-state index is 14.2. The lowest BCUT2D eigenvalue weighted by Gasteiger charge is -2.37. The van der Waals surface area contributed by atoms with Crippen LogP contribution >= 0.6 is 11.3 Å². The Morgan fingerprint density at radius 1 is 1.24 bits per heavy atom. The number of anilines is 1. The van der Waals surface area contributed by atoms with Gasteiger partial charge in [-0.1, -0.05) is 13.8 Å². The number of carbonyl (C=O) groups excluding carboxylic acids is 1. The smallest absolute Gasteiger partial charge is 0.390 e. The fourth-order valence-corrected chi connectivity index (χ4v) is 5.57. The number of thiophene rings is 1. The van der Waals surface area contributed by atoms with Crippen molar-refractivity contribution >= 4 is 22.2 Å². The van der Waals surface area contributed by atoms with Crippen LogP contribution in [0.3, 0.4) is 0 Å². The van der Waals surface area contributed by atoms with Crippen molar-refractivity contribution in [1.29, 1.82) is 0 Å². The van der Waals surface area contributed by atoms with Crippen LogP contribution in [0, 0.1) is 5.92 Å². The first-order chi connectivity index (χ1) is 15.3. The van der Waals surface area contributed by atoms with Gasteiger partial charge in [0, 0.05) is 43.9 Å². The Morgan fingerprint density at radius 2 is 1.88 bits per heavy atom. The molecule has 3 heterocycles. The Labute approximate surface area is 193 Å². The molecule has 3 rings (SSSR count). The number of hydrogen-bond acceptors (Lipinski definition) is 6. The number of halogens is 5. The van der Waals surface area contributed by atoms with Crippen molar-refractivity contribution in [3.8, 4) is 0 Å². The van der Waals surface area contributed by atoms with E-state index in [1.54, 1.807) is 11.8 Å². The zero-order valence-corrected chi connectivity index (χ0v) is 19.7. The summed E-state index contributed by atoms with van der Waals surface area (Å²) in [4.78, 5) is 18.0. The molecule has 0 bridgehead atoms. The van der Waals surface area contributed by atoms with Gasteiger partial charge in [0.05, 0.1) is 23.9 Å². The van der Waals surface area contributed by atoms with E-state index >= 15 is 0 Å². The molecule has 0 spiro atoms. The van der Waals surface area contributed by atoms with Gasteiger partial charge >= 0.3 is 6.36 Å². The van der Waals surface area contributed by atoms with Crippen molar-refractivity contribution in [2.75, 3.05) is 44.4 Å². The fraction of sp³-hybridized carbons (Fsp3) is 0.762. The minimum Gasteiger partial charge on any atom is -0.390 e. The molecule has 6 nitrogen and oxygen atoms in total. The van der Waals surface area contributed by atoms with Gasteiger partial charge in [0.25, 0.3) is 12.3 Å². The van der Waals surface area contributed by atoms with E-state index in [2.05, 4.69) is 4.74 Å². The normalized spacial score (nSPS) is 19.5. The summed E-state index contributed by atoms with van der Waals surface area (Å²) in [5.74, 6) is -0.308. The summed E-state index contributed by atoms with van der Waals surface area (Å²) >= 11 is 0.908. The molecule has 1 amide bonds. The molecule has 188 valence electrons.